The fraction of sp³-hybridized carbons (Fsp3) is 0.600. The predicted octanol–water partition coefficient (Wildman–Crippen LogP) is 4.50. The number of pyridine rings is 1. The maximum absolute atomic E-state index is 13.6. The van der Waals surface area contributed by atoms with Crippen LogP contribution < -0.4 is 5.43 Å². The van der Waals surface area contributed by atoms with E-state index in [1.807, 2.05) is 13.8 Å². The highest BCUT2D eigenvalue weighted by atomic mass is 19.2. The van der Waals surface area contributed by atoms with Gasteiger partial charge in [-0.1, -0.05) is 20.8 Å². The average molecular weight is 317 g/mol. The van der Waals surface area contributed by atoms with Gasteiger partial charge in [0.1, 0.15) is 5.69 Å². The van der Waals surface area contributed by atoms with Gasteiger partial charge < -0.3 is 0 Å². The second-order valence-electron chi connectivity index (χ2n) is 6.15. The molecule has 0 spiro atoms. The lowest BCUT2D eigenvalue weighted by Crippen LogP contribution is -2.28. The number of anilines is 1. The van der Waals surface area contributed by atoms with Gasteiger partial charge in [0.25, 0.3) is 11.9 Å². The molecule has 1 aromatic heterocycles. The van der Waals surface area contributed by atoms with E-state index in [0.717, 1.165) is 18.6 Å². The summed E-state index contributed by atoms with van der Waals surface area (Å²) >= 11 is 0. The third-order valence-corrected chi connectivity index (χ3v) is 4.07. The Morgan fingerprint density at radius 2 is 1.68 bits per heavy atom. The van der Waals surface area contributed by atoms with E-state index in [-0.39, 0.29) is 5.92 Å². The van der Waals surface area contributed by atoms with Crippen molar-refractivity contribution in [3.8, 4) is 0 Å². The van der Waals surface area contributed by atoms with Crippen molar-refractivity contribution in [1.29, 1.82) is 0 Å². The molecule has 1 fully saturated rings. The van der Waals surface area contributed by atoms with Gasteiger partial charge in [0, 0.05) is 11.6 Å². The first-order valence-electron chi connectivity index (χ1n) is 7.33. The molecule has 0 bridgehead atoms. The van der Waals surface area contributed by atoms with Crippen molar-refractivity contribution in [1.82, 2.24) is 4.98 Å². The molecule has 2 atom stereocenters. The van der Waals surface area contributed by atoms with E-state index in [2.05, 4.69) is 22.4 Å². The number of rotatable bonds is 3. The number of nitrogens with zero attached hydrogens (tertiary/aromatic N) is 2. The van der Waals surface area contributed by atoms with Gasteiger partial charge in [-0.3, -0.25) is 5.43 Å². The summed E-state index contributed by atoms with van der Waals surface area (Å²) in [6.45, 7) is 6.16. The summed E-state index contributed by atoms with van der Waals surface area (Å²) in [5.41, 5.74) is 1.98. The molecule has 1 aromatic rings. The number of aromatic nitrogens is 1. The lowest BCUT2D eigenvalue weighted by molar-refractivity contribution is 0.364. The Bertz CT molecular complexity index is 560. The monoisotopic (exact) mass is 317 g/mol. The van der Waals surface area contributed by atoms with Crippen LogP contribution in [0.5, 0.6) is 0 Å². The molecule has 1 N–H and O–H groups in total. The Balaban J connectivity index is 2.30. The molecule has 122 valence electrons. The quantitative estimate of drug-likeness (QED) is 0.506. The van der Waals surface area contributed by atoms with Crippen molar-refractivity contribution in [3.05, 3.63) is 23.5 Å². The Kier molecular flexibility index (Phi) is 5.03. The van der Waals surface area contributed by atoms with Gasteiger partial charge >= 0.3 is 0 Å². The first-order chi connectivity index (χ1) is 10.3. The van der Waals surface area contributed by atoms with Crippen LogP contribution in [0.1, 0.15) is 40.0 Å². The molecule has 1 aliphatic rings. The summed E-state index contributed by atoms with van der Waals surface area (Å²) in [4.78, 5) is 2.51. The molecule has 1 aliphatic carbocycles. The van der Waals surface area contributed by atoms with Crippen molar-refractivity contribution in [3.63, 3.8) is 0 Å². The van der Waals surface area contributed by atoms with Gasteiger partial charge in [0.15, 0.2) is 0 Å². The third-order valence-electron chi connectivity index (χ3n) is 4.07. The molecule has 7 heteroatoms. The molecule has 0 radical (unpaired) electrons. The van der Waals surface area contributed by atoms with Crippen LogP contribution in [0.4, 0.5) is 23.2 Å². The summed E-state index contributed by atoms with van der Waals surface area (Å²) in [6, 6.07) is 0. The Labute approximate surface area is 126 Å². The number of nitrogens with one attached hydrogen (secondary N) is 1. The molecule has 0 saturated heterocycles. The summed E-state index contributed by atoms with van der Waals surface area (Å²) in [6.07, 6.45) is 2.68. The zero-order chi connectivity index (χ0) is 16.4. The minimum absolute atomic E-state index is 0.186. The summed E-state index contributed by atoms with van der Waals surface area (Å²) in [7, 11) is 0. The van der Waals surface area contributed by atoms with Crippen LogP contribution in [-0.4, -0.2) is 10.7 Å². The zero-order valence-electron chi connectivity index (χ0n) is 12.8. The number of hydrogen-bond donors (Lipinski definition) is 1. The minimum Gasteiger partial charge on any atom is -0.272 e. The Morgan fingerprint density at radius 1 is 1.09 bits per heavy atom. The fourth-order valence-corrected chi connectivity index (χ4v) is 2.80. The second kappa shape index (κ2) is 6.62. The van der Waals surface area contributed by atoms with Crippen molar-refractivity contribution in [2.24, 2.45) is 22.9 Å². The van der Waals surface area contributed by atoms with Crippen LogP contribution >= 0.6 is 0 Å². The van der Waals surface area contributed by atoms with Gasteiger partial charge in [0.05, 0.1) is 0 Å². The lowest BCUT2D eigenvalue weighted by atomic mass is 9.76. The van der Waals surface area contributed by atoms with E-state index in [1.54, 1.807) is 0 Å². The highest BCUT2D eigenvalue weighted by molar-refractivity contribution is 5.88. The third kappa shape index (κ3) is 3.39. The van der Waals surface area contributed by atoms with E-state index in [4.69, 9.17) is 0 Å². The van der Waals surface area contributed by atoms with Crippen LogP contribution in [0.2, 0.25) is 0 Å². The second-order valence-corrected chi connectivity index (χ2v) is 6.15. The highest BCUT2D eigenvalue weighted by Crippen LogP contribution is 2.32. The van der Waals surface area contributed by atoms with Gasteiger partial charge in [-0.15, -0.1) is 0 Å². The van der Waals surface area contributed by atoms with Gasteiger partial charge in [-0.2, -0.15) is 27.6 Å². The standard InChI is InChI=1S/C15H19F4N3/c1-7(2)9-5-4-8(3)6-10(9)21-22-13-11(16)14(18)20-15(19)12(13)17/h7-9H,4-6H2,1-3H3,(H,20,22)/b21-10-/t8-,9-/m1/s1. The Morgan fingerprint density at radius 3 is 2.23 bits per heavy atom. The largest absolute Gasteiger partial charge is 0.272 e. The Hall–Kier alpha value is -1.66. The first kappa shape index (κ1) is 16.7. The highest BCUT2D eigenvalue weighted by Gasteiger charge is 2.28. The van der Waals surface area contributed by atoms with Crippen LogP contribution in [-0.2, 0) is 0 Å². The molecule has 0 aromatic carbocycles. The normalized spacial score (nSPS) is 24.1. The summed E-state index contributed by atoms with van der Waals surface area (Å²) < 4.78 is 53.2. The molecular weight excluding hydrogens is 298 g/mol. The lowest BCUT2D eigenvalue weighted by Gasteiger charge is -2.30. The number of halogens is 4. The molecule has 22 heavy (non-hydrogen) atoms. The molecule has 0 amide bonds. The van der Waals surface area contributed by atoms with Gasteiger partial charge in [0.2, 0.25) is 11.6 Å². The van der Waals surface area contributed by atoms with Crippen molar-refractivity contribution < 1.29 is 17.6 Å². The topological polar surface area (TPSA) is 37.3 Å². The van der Waals surface area contributed by atoms with Crippen LogP contribution in [0, 0.1) is 41.3 Å². The SMILES string of the molecule is CC(C)[C@H]1CC[C@@H](C)C/C1=N/Nc1c(F)c(F)nc(F)c1F. The maximum Gasteiger partial charge on any atom is 0.254 e. The van der Waals surface area contributed by atoms with Gasteiger partial charge in [-0.25, -0.2) is 0 Å². The van der Waals surface area contributed by atoms with Gasteiger partial charge in [-0.05, 0) is 31.1 Å². The van der Waals surface area contributed by atoms with Crippen molar-refractivity contribution in [2.75, 3.05) is 5.43 Å². The van der Waals surface area contributed by atoms with Crippen LogP contribution in [0.3, 0.4) is 0 Å². The number of hydrazone groups is 1. The first-order valence-corrected chi connectivity index (χ1v) is 7.33. The fourth-order valence-electron chi connectivity index (χ4n) is 2.80. The van der Waals surface area contributed by atoms with Crippen molar-refractivity contribution in [2.45, 2.75) is 40.0 Å². The predicted molar refractivity (Wildman–Crippen MR) is 76.5 cm³/mol. The van der Waals surface area contributed by atoms with E-state index in [1.165, 1.54) is 0 Å². The summed E-state index contributed by atoms with van der Waals surface area (Å²) in [5.74, 6) is -5.62. The van der Waals surface area contributed by atoms with Crippen molar-refractivity contribution >= 4 is 11.4 Å². The van der Waals surface area contributed by atoms with E-state index < -0.39 is 29.2 Å². The molecule has 0 unspecified atom stereocenters. The smallest absolute Gasteiger partial charge is 0.254 e. The zero-order valence-corrected chi connectivity index (χ0v) is 12.8. The van der Waals surface area contributed by atoms with Crippen LogP contribution in [0.25, 0.3) is 0 Å². The molecular formula is C15H19F4N3. The summed E-state index contributed by atoms with van der Waals surface area (Å²) in [5, 5.41) is 4.04. The molecule has 1 saturated carbocycles. The molecule has 0 aliphatic heterocycles. The molecule has 1 heterocycles. The molecule has 3 nitrogen and oxygen atoms in total. The van der Waals surface area contributed by atoms with E-state index in [0.29, 0.717) is 18.3 Å². The maximum atomic E-state index is 13.6. The minimum atomic E-state index is -1.70. The molecule has 2 rings (SSSR count). The van der Waals surface area contributed by atoms with Crippen LogP contribution in [0.15, 0.2) is 5.10 Å². The van der Waals surface area contributed by atoms with E-state index >= 15 is 0 Å². The average Bonchev–Trinajstić information content (AvgIpc) is 2.45. The number of hydrogen-bond acceptors (Lipinski definition) is 3. The van der Waals surface area contributed by atoms with E-state index in [9.17, 15) is 17.6 Å².